The van der Waals surface area contributed by atoms with E-state index in [9.17, 15) is 0 Å². The summed E-state index contributed by atoms with van der Waals surface area (Å²) in [7, 11) is 4.10. The Balaban J connectivity index is 2.25. The quantitative estimate of drug-likeness (QED) is 0.785. The molecule has 4 heteroatoms. The zero-order valence-electron chi connectivity index (χ0n) is 14.0. The standard InChI is InChI=1S/C19H22N4/c1-13(2)22-19-16-11-14(23(3)4)8-9-15(16)17(12-21-19)18-7-5-6-10-20-18/h5-13H,1-4H3,(H,21,22). The van der Waals surface area contributed by atoms with Crippen LogP contribution in [0.1, 0.15) is 13.8 Å². The van der Waals surface area contributed by atoms with Crippen LogP contribution in [-0.4, -0.2) is 30.1 Å². The van der Waals surface area contributed by atoms with Crippen molar-refractivity contribution in [3.8, 4) is 11.3 Å². The third-order valence-electron chi connectivity index (χ3n) is 3.75. The average molecular weight is 306 g/mol. The van der Waals surface area contributed by atoms with Crippen molar-refractivity contribution in [3.05, 3.63) is 48.8 Å². The molecule has 0 unspecified atom stereocenters. The maximum Gasteiger partial charge on any atom is 0.134 e. The fourth-order valence-electron chi connectivity index (χ4n) is 2.62. The van der Waals surface area contributed by atoms with Gasteiger partial charge in [-0.1, -0.05) is 12.1 Å². The SMILES string of the molecule is CC(C)Nc1ncc(-c2ccccn2)c2ccc(N(C)C)cc12. The minimum absolute atomic E-state index is 0.328. The summed E-state index contributed by atoms with van der Waals surface area (Å²) in [4.78, 5) is 11.2. The molecule has 0 amide bonds. The number of rotatable bonds is 4. The van der Waals surface area contributed by atoms with Crippen molar-refractivity contribution in [2.75, 3.05) is 24.3 Å². The summed E-state index contributed by atoms with van der Waals surface area (Å²) in [6.07, 6.45) is 3.72. The highest BCUT2D eigenvalue weighted by atomic mass is 15.1. The van der Waals surface area contributed by atoms with E-state index in [2.05, 4.69) is 52.2 Å². The first kappa shape index (κ1) is 15.3. The molecule has 4 nitrogen and oxygen atoms in total. The van der Waals surface area contributed by atoms with Gasteiger partial charge in [-0.3, -0.25) is 4.98 Å². The third-order valence-corrected chi connectivity index (χ3v) is 3.75. The number of anilines is 2. The van der Waals surface area contributed by atoms with Gasteiger partial charge in [-0.2, -0.15) is 0 Å². The van der Waals surface area contributed by atoms with Gasteiger partial charge in [-0.05, 0) is 43.5 Å². The number of pyridine rings is 2. The second-order valence-electron chi connectivity index (χ2n) is 6.16. The van der Waals surface area contributed by atoms with E-state index in [1.165, 1.54) is 0 Å². The second kappa shape index (κ2) is 6.24. The predicted octanol–water partition coefficient (Wildman–Crippen LogP) is 4.18. The molecule has 23 heavy (non-hydrogen) atoms. The van der Waals surface area contributed by atoms with Crippen molar-refractivity contribution in [3.63, 3.8) is 0 Å². The van der Waals surface area contributed by atoms with Crippen molar-refractivity contribution in [2.24, 2.45) is 0 Å². The number of fused-ring (bicyclic) bond motifs is 1. The number of benzene rings is 1. The number of hydrogen-bond donors (Lipinski definition) is 1. The molecule has 0 aliphatic heterocycles. The fraction of sp³-hybridized carbons (Fsp3) is 0.263. The summed E-state index contributed by atoms with van der Waals surface area (Å²) in [6.45, 7) is 4.24. The minimum Gasteiger partial charge on any atom is -0.378 e. The van der Waals surface area contributed by atoms with Gasteiger partial charge in [0.15, 0.2) is 0 Å². The lowest BCUT2D eigenvalue weighted by Gasteiger charge is -2.17. The van der Waals surface area contributed by atoms with E-state index in [0.717, 1.165) is 33.5 Å². The Morgan fingerprint density at radius 1 is 1.00 bits per heavy atom. The summed E-state index contributed by atoms with van der Waals surface area (Å²) < 4.78 is 0. The van der Waals surface area contributed by atoms with E-state index in [0.29, 0.717) is 6.04 Å². The second-order valence-corrected chi connectivity index (χ2v) is 6.16. The zero-order valence-corrected chi connectivity index (χ0v) is 14.0. The average Bonchev–Trinajstić information content (AvgIpc) is 2.55. The van der Waals surface area contributed by atoms with Gasteiger partial charge in [0.1, 0.15) is 5.82 Å². The molecule has 3 aromatic rings. The highest BCUT2D eigenvalue weighted by Gasteiger charge is 2.12. The van der Waals surface area contributed by atoms with Crippen LogP contribution in [0.25, 0.3) is 22.0 Å². The molecule has 0 spiro atoms. The molecule has 1 aromatic carbocycles. The van der Waals surface area contributed by atoms with E-state index in [-0.39, 0.29) is 0 Å². The largest absolute Gasteiger partial charge is 0.378 e. The van der Waals surface area contributed by atoms with Crippen molar-refractivity contribution in [1.82, 2.24) is 9.97 Å². The highest BCUT2D eigenvalue weighted by Crippen LogP contribution is 2.33. The zero-order chi connectivity index (χ0) is 16.4. The summed E-state index contributed by atoms with van der Waals surface area (Å²) in [5, 5.41) is 5.72. The molecule has 0 saturated heterocycles. The van der Waals surface area contributed by atoms with Gasteiger partial charge in [-0.25, -0.2) is 4.98 Å². The van der Waals surface area contributed by atoms with Crippen LogP contribution in [0.4, 0.5) is 11.5 Å². The molecule has 0 radical (unpaired) electrons. The molecular formula is C19H22N4. The van der Waals surface area contributed by atoms with Crippen molar-refractivity contribution >= 4 is 22.3 Å². The molecule has 0 saturated carbocycles. The fourth-order valence-corrected chi connectivity index (χ4v) is 2.62. The van der Waals surface area contributed by atoms with E-state index in [4.69, 9.17) is 0 Å². The lowest BCUT2D eigenvalue weighted by molar-refractivity contribution is 0.892. The van der Waals surface area contributed by atoms with Gasteiger partial charge in [0.2, 0.25) is 0 Å². The van der Waals surface area contributed by atoms with Crippen LogP contribution in [0.5, 0.6) is 0 Å². The van der Waals surface area contributed by atoms with Gasteiger partial charge < -0.3 is 10.2 Å². The van der Waals surface area contributed by atoms with Gasteiger partial charge in [-0.15, -0.1) is 0 Å². The smallest absolute Gasteiger partial charge is 0.134 e. The van der Waals surface area contributed by atoms with Gasteiger partial charge >= 0.3 is 0 Å². The van der Waals surface area contributed by atoms with Crippen molar-refractivity contribution in [1.29, 1.82) is 0 Å². The number of hydrogen-bond acceptors (Lipinski definition) is 4. The topological polar surface area (TPSA) is 41.1 Å². The summed E-state index contributed by atoms with van der Waals surface area (Å²) in [5.41, 5.74) is 3.16. The maximum absolute atomic E-state index is 4.65. The van der Waals surface area contributed by atoms with Crippen LogP contribution in [0, 0.1) is 0 Å². The molecule has 1 N–H and O–H groups in total. The normalized spacial score (nSPS) is 11.0. The van der Waals surface area contributed by atoms with E-state index in [1.54, 1.807) is 0 Å². The lowest BCUT2D eigenvalue weighted by atomic mass is 10.0. The van der Waals surface area contributed by atoms with Gasteiger partial charge in [0.25, 0.3) is 0 Å². The molecule has 3 rings (SSSR count). The first-order chi connectivity index (χ1) is 11.1. The molecule has 0 bridgehead atoms. The Morgan fingerprint density at radius 2 is 1.83 bits per heavy atom. The summed E-state index contributed by atoms with van der Waals surface area (Å²) in [5.74, 6) is 0.915. The maximum atomic E-state index is 4.65. The van der Waals surface area contributed by atoms with Crippen molar-refractivity contribution in [2.45, 2.75) is 19.9 Å². The molecule has 0 fully saturated rings. The first-order valence-corrected chi connectivity index (χ1v) is 7.84. The Morgan fingerprint density at radius 3 is 2.48 bits per heavy atom. The monoisotopic (exact) mass is 306 g/mol. The molecule has 118 valence electrons. The van der Waals surface area contributed by atoms with E-state index in [1.807, 2.05) is 44.7 Å². The molecule has 2 aromatic heterocycles. The molecule has 2 heterocycles. The predicted molar refractivity (Wildman–Crippen MR) is 98.1 cm³/mol. The van der Waals surface area contributed by atoms with Gasteiger partial charge in [0.05, 0.1) is 5.69 Å². The van der Waals surface area contributed by atoms with E-state index >= 15 is 0 Å². The molecule has 0 atom stereocenters. The molecular weight excluding hydrogens is 284 g/mol. The Hall–Kier alpha value is -2.62. The Bertz CT molecular complexity index is 810. The number of nitrogens with one attached hydrogen (secondary N) is 1. The van der Waals surface area contributed by atoms with Crippen molar-refractivity contribution < 1.29 is 0 Å². The third kappa shape index (κ3) is 3.11. The molecule has 0 aliphatic rings. The summed E-state index contributed by atoms with van der Waals surface area (Å²) >= 11 is 0. The highest BCUT2D eigenvalue weighted by molar-refractivity contribution is 6.02. The first-order valence-electron chi connectivity index (χ1n) is 7.84. The van der Waals surface area contributed by atoms with Gasteiger partial charge in [0, 0.05) is 49.2 Å². The Kier molecular flexibility index (Phi) is 4.15. The number of nitrogens with zero attached hydrogens (tertiary/aromatic N) is 3. The lowest BCUT2D eigenvalue weighted by Crippen LogP contribution is -2.12. The van der Waals surface area contributed by atoms with E-state index < -0.39 is 0 Å². The van der Waals surface area contributed by atoms with Crippen LogP contribution in [0.15, 0.2) is 48.8 Å². The minimum atomic E-state index is 0.328. The van der Waals surface area contributed by atoms with Crippen LogP contribution < -0.4 is 10.2 Å². The Labute approximate surface area is 137 Å². The van der Waals surface area contributed by atoms with Crippen LogP contribution in [0.3, 0.4) is 0 Å². The number of aromatic nitrogens is 2. The van der Waals surface area contributed by atoms with Crippen LogP contribution >= 0.6 is 0 Å². The van der Waals surface area contributed by atoms with Crippen LogP contribution in [0.2, 0.25) is 0 Å². The molecule has 0 aliphatic carbocycles. The van der Waals surface area contributed by atoms with Crippen LogP contribution in [-0.2, 0) is 0 Å². The summed E-state index contributed by atoms with van der Waals surface area (Å²) in [6, 6.07) is 12.7.